The molecule has 0 saturated heterocycles. The van der Waals surface area contributed by atoms with Crippen molar-refractivity contribution < 1.29 is 14.3 Å². The molecular formula is C23H19ClN2O3. The van der Waals surface area contributed by atoms with Gasteiger partial charge in [0.15, 0.2) is 0 Å². The standard InChI is InChI=1S/C23H19ClN2O3/c1-29-20-13-9-17(10-14-20)22(27)26-21(15-16-7-11-18(24)12-8-16)23(28)25-19-5-3-2-4-6-19/h2-15H,1H3,(H,25,28)(H,26,27)/b21-15+. The molecule has 2 amide bonds. The molecule has 0 radical (unpaired) electrons. The zero-order chi connectivity index (χ0) is 20.6. The number of hydrogen-bond acceptors (Lipinski definition) is 3. The lowest BCUT2D eigenvalue weighted by Crippen LogP contribution is -2.30. The van der Waals surface area contributed by atoms with Crippen molar-refractivity contribution in [1.82, 2.24) is 5.32 Å². The maximum absolute atomic E-state index is 12.8. The largest absolute Gasteiger partial charge is 0.497 e. The molecule has 3 rings (SSSR count). The first kappa shape index (κ1) is 20.2. The van der Waals surface area contributed by atoms with Gasteiger partial charge in [0.05, 0.1) is 7.11 Å². The highest BCUT2D eigenvalue weighted by molar-refractivity contribution is 6.30. The molecule has 0 atom stereocenters. The van der Waals surface area contributed by atoms with E-state index in [2.05, 4.69) is 10.6 Å². The minimum atomic E-state index is -0.437. The van der Waals surface area contributed by atoms with Crippen molar-refractivity contribution in [1.29, 1.82) is 0 Å². The number of benzene rings is 3. The van der Waals surface area contributed by atoms with Crippen LogP contribution in [0.15, 0.2) is 84.6 Å². The van der Waals surface area contributed by atoms with Crippen LogP contribution in [0.25, 0.3) is 6.08 Å². The third-order valence-corrected chi connectivity index (χ3v) is 4.31. The van der Waals surface area contributed by atoms with Gasteiger partial charge in [0, 0.05) is 16.3 Å². The number of hydrogen-bond donors (Lipinski definition) is 2. The average Bonchev–Trinajstić information content (AvgIpc) is 2.75. The molecule has 146 valence electrons. The Bertz CT molecular complexity index is 1010. The molecule has 2 N–H and O–H groups in total. The lowest BCUT2D eigenvalue weighted by molar-refractivity contribution is -0.113. The van der Waals surface area contributed by atoms with Crippen LogP contribution in [0.4, 0.5) is 5.69 Å². The van der Waals surface area contributed by atoms with Gasteiger partial charge in [-0.15, -0.1) is 0 Å². The second kappa shape index (κ2) is 9.57. The minimum Gasteiger partial charge on any atom is -0.497 e. The summed E-state index contributed by atoms with van der Waals surface area (Å²) >= 11 is 5.93. The molecule has 0 bridgehead atoms. The SMILES string of the molecule is COc1ccc(C(=O)N/C(=C/c2ccc(Cl)cc2)C(=O)Nc2ccccc2)cc1. The molecule has 0 aromatic heterocycles. The number of nitrogens with one attached hydrogen (secondary N) is 2. The average molecular weight is 407 g/mol. The van der Waals surface area contributed by atoms with E-state index in [0.717, 1.165) is 5.56 Å². The number of methoxy groups -OCH3 is 1. The molecule has 6 heteroatoms. The van der Waals surface area contributed by atoms with Crippen LogP contribution in [0, 0.1) is 0 Å². The molecule has 29 heavy (non-hydrogen) atoms. The molecule has 0 heterocycles. The number of halogens is 1. The molecular weight excluding hydrogens is 388 g/mol. The summed E-state index contributed by atoms with van der Waals surface area (Å²) in [6.07, 6.45) is 1.59. The van der Waals surface area contributed by atoms with Crippen LogP contribution in [0.1, 0.15) is 15.9 Å². The van der Waals surface area contributed by atoms with E-state index < -0.39 is 11.8 Å². The maximum atomic E-state index is 12.8. The van der Waals surface area contributed by atoms with Gasteiger partial charge < -0.3 is 15.4 Å². The van der Waals surface area contributed by atoms with Crippen molar-refractivity contribution in [2.75, 3.05) is 12.4 Å². The topological polar surface area (TPSA) is 67.4 Å². The Morgan fingerprint density at radius 1 is 0.897 bits per heavy atom. The smallest absolute Gasteiger partial charge is 0.272 e. The third-order valence-electron chi connectivity index (χ3n) is 4.06. The third kappa shape index (κ3) is 5.70. The van der Waals surface area contributed by atoms with Crippen LogP contribution in [0.2, 0.25) is 5.02 Å². The van der Waals surface area contributed by atoms with Gasteiger partial charge >= 0.3 is 0 Å². The lowest BCUT2D eigenvalue weighted by atomic mass is 10.1. The van der Waals surface area contributed by atoms with Crippen molar-refractivity contribution >= 4 is 35.2 Å². The van der Waals surface area contributed by atoms with Gasteiger partial charge in [-0.1, -0.05) is 41.9 Å². The van der Waals surface area contributed by atoms with E-state index in [1.165, 1.54) is 0 Å². The lowest BCUT2D eigenvalue weighted by Gasteiger charge is -2.12. The van der Waals surface area contributed by atoms with Gasteiger partial charge in [0.25, 0.3) is 11.8 Å². The Balaban J connectivity index is 1.85. The Hall–Kier alpha value is -3.57. The molecule has 3 aromatic rings. The Labute approximate surface area is 174 Å². The number of carbonyl (C=O) groups excluding carboxylic acids is 2. The molecule has 5 nitrogen and oxygen atoms in total. The number of para-hydroxylation sites is 1. The molecule has 0 unspecified atom stereocenters. The van der Waals surface area contributed by atoms with E-state index in [1.54, 1.807) is 73.8 Å². The summed E-state index contributed by atoms with van der Waals surface area (Å²) in [6, 6.07) is 22.6. The van der Waals surface area contributed by atoms with E-state index in [9.17, 15) is 9.59 Å². The zero-order valence-corrected chi connectivity index (χ0v) is 16.4. The number of rotatable bonds is 6. The van der Waals surface area contributed by atoms with Crippen LogP contribution in [-0.2, 0) is 4.79 Å². The van der Waals surface area contributed by atoms with Crippen LogP contribution in [0.3, 0.4) is 0 Å². The summed E-state index contributed by atoms with van der Waals surface area (Å²) in [5.41, 5.74) is 1.86. The maximum Gasteiger partial charge on any atom is 0.272 e. The summed E-state index contributed by atoms with van der Waals surface area (Å²) < 4.78 is 5.11. The van der Waals surface area contributed by atoms with Gasteiger partial charge in [-0.3, -0.25) is 9.59 Å². The van der Waals surface area contributed by atoms with E-state index in [1.807, 2.05) is 18.2 Å². The number of carbonyl (C=O) groups is 2. The molecule has 0 aliphatic carbocycles. The van der Waals surface area contributed by atoms with Crippen molar-refractivity contribution in [3.63, 3.8) is 0 Å². The first-order valence-corrected chi connectivity index (χ1v) is 9.22. The van der Waals surface area contributed by atoms with Crippen LogP contribution in [0.5, 0.6) is 5.75 Å². The fourth-order valence-corrected chi connectivity index (χ4v) is 2.67. The van der Waals surface area contributed by atoms with Crippen molar-refractivity contribution in [2.24, 2.45) is 0 Å². The van der Waals surface area contributed by atoms with Gasteiger partial charge in [0.2, 0.25) is 0 Å². The molecule has 0 spiro atoms. The molecule has 0 saturated carbocycles. The summed E-state index contributed by atoms with van der Waals surface area (Å²) in [5.74, 6) is -0.204. The normalized spacial score (nSPS) is 10.9. The summed E-state index contributed by atoms with van der Waals surface area (Å²) in [7, 11) is 1.55. The quantitative estimate of drug-likeness (QED) is 0.580. The number of ether oxygens (including phenoxy) is 1. The predicted octanol–water partition coefficient (Wildman–Crippen LogP) is 4.76. The molecule has 0 fully saturated rings. The Morgan fingerprint density at radius 3 is 2.17 bits per heavy atom. The van der Waals surface area contributed by atoms with Crippen LogP contribution in [-0.4, -0.2) is 18.9 Å². The van der Waals surface area contributed by atoms with Gasteiger partial charge in [-0.05, 0) is 60.2 Å². The highest BCUT2D eigenvalue weighted by atomic mass is 35.5. The Morgan fingerprint density at radius 2 is 1.55 bits per heavy atom. The van der Waals surface area contributed by atoms with Crippen LogP contribution < -0.4 is 15.4 Å². The highest BCUT2D eigenvalue weighted by Crippen LogP contribution is 2.15. The molecule has 0 aliphatic heterocycles. The van der Waals surface area contributed by atoms with Crippen molar-refractivity contribution in [2.45, 2.75) is 0 Å². The fourth-order valence-electron chi connectivity index (χ4n) is 2.54. The summed E-state index contributed by atoms with van der Waals surface area (Å²) in [4.78, 5) is 25.5. The van der Waals surface area contributed by atoms with E-state index >= 15 is 0 Å². The molecule has 0 aliphatic rings. The minimum absolute atomic E-state index is 0.108. The monoisotopic (exact) mass is 406 g/mol. The first-order valence-electron chi connectivity index (χ1n) is 8.84. The number of anilines is 1. The highest BCUT2D eigenvalue weighted by Gasteiger charge is 2.15. The summed E-state index contributed by atoms with van der Waals surface area (Å²) in [5, 5.41) is 6.05. The first-order chi connectivity index (χ1) is 14.0. The summed E-state index contributed by atoms with van der Waals surface area (Å²) in [6.45, 7) is 0. The number of amides is 2. The van der Waals surface area contributed by atoms with Crippen molar-refractivity contribution in [3.8, 4) is 5.75 Å². The van der Waals surface area contributed by atoms with E-state index in [-0.39, 0.29) is 5.70 Å². The van der Waals surface area contributed by atoms with Gasteiger partial charge in [-0.25, -0.2) is 0 Å². The zero-order valence-electron chi connectivity index (χ0n) is 15.7. The Kier molecular flexibility index (Phi) is 6.66. The van der Waals surface area contributed by atoms with E-state index in [4.69, 9.17) is 16.3 Å². The predicted molar refractivity (Wildman–Crippen MR) is 115 cm³/mol. The molecule has 3 aromatic carbocycles. The fraction of sp³-hybridized carbons (Fsp3) is 0.0435. The second-order valence-corrected chi connectivity index (χ2v) is 6.55. The van der Waals surface area contributed by atoms with Crippen LogP contribution >= 0.6 is 11.6 Å². The van der Waals surface area contributed by atoms with Gasteiger partial charge in [0.1, 0.15) is 11.4 Å². The van der Waals surface area contributed by atoms with E-state index in [0.29, 0.717) is 22.0 Å². The van der Waals surface area contributed by atoms with Gasteiger partial charge in [-0.2, -0.15) is 0 Å². The van der Waals surface area contributed by atoms with Crippen molar-refractivity contribution in [3.05, 3.63) is 101 Å². The second-order valence-electron chi connectivity index (χ2n) is 6.11.